The molecule has 2 rings (SSSR count). The van der Waals surface area contributed by atoms with Gasteiger partial charge >= 0.3 is 0 Å². The Balaban J connectivity index is 2.71. The van der Waals surface area contributed by atoms with Crippen LogP contribution in [-0.2, 0) is 0 Å². The highest BCUT2D eigenvalue weighted by molar-refractivity contribution is 7.71. The fourth-order valence-electron chi connectivity index (χ4n) is 1.88. The lowest BCUT2D eigenvalue weighted by molar-refractivity contribution is 0.628. The van der Waals surface area contributed by atoms with Crippen molar-refractivity contribution in [3.05, 3.63) is 45.6 Å². The van der Waals surface area contributed by atoms with E-state index in [9.17, 15) is 4.39 Å². The normalized spacial score (nSPS) is 10.9. The Morgan fingerprint density at radius 3 is 2.67 bits per heavy atom. The number of aromatic nitrogens is 2. The molecule has 5 heteroatoms. The number of halogens is 2. The molecule has 2 aromatic rings. The summed E-state index contributed by atoms with van der Waals surface area (Å²) < 4.78 is 13.9. The molecular formula is C13H12ClFN2S. The van der Waals surface area contributed by atoms with Crippen molar-refractivity contribution in [1.82, 2.24) is 9.97 Å². The van der Waals surface area contributed by atoms with E-state index in [1.807, 2.05) is 13.8 Å². The van der Waals surface area contributed by atoms with E-state index in [4.69, 9.17) is 23.8 Å². The Hall–Kier alpha value is -1.26. The second kappa shape index (κ2) is 5.16. The van der Waals surface area contributed by atoms with Gasteiger partial charge in [0.05, 0.1) is 12.0 Å². The fourth-order valence-corrected chi connectivity index (χ4v) is 2.49. The monoisotopic (exact) mass is 282 g/mol. The van der Waals surface area contributed by atoms with E-state index < -0.39 is 0 Å². The van der Waals surface area contributed by atoms with Crippen LogP contribution in [0.1, 0.15) is 25.3 Å². The highest BCUT2D eigenvalue weighted by Crippen LogP contribution is 2.29. The van der Waals surface area contributed by atoms with Crippen molar-refractivity contribution >= 4 is 23.8 Å². The van der Waals surface area contributed by atoms with Crippen molar-refractivity contribution in [1.29, 1.82) is 0 Å². The molecule has 0 bridgehead atoms. The van der Waals surface area contributed by atoms with Crippen LogP contribution in [0.2, 0.25) is 5.02 Å². The van der Waals surface area contributed by atoms with Crippen molar-refractivity contribution in [2.24, 2.45) is 0 Å². The molecule has 1 aromatic carbocycles. The standard InChI is InChI=1S/C13H12ClFN2S/c1-7(2)11-12(16-6-17-13(11)18)8-3-9(14)5-10(15)4-8/h3-7H,1-2H3,(H,16,17,18). The van der Waals surface area contributed by atoms with Gasteiger partial charge in [-0.3, -0.25) is 0 Å². The van der Waals surface area contributed by atoms with Crippen LogP contribution >= 0.6 is 23.8 Å². The number of hydrogen-bond donors (Lipinski definition) is 1. The van der Waals surface area contributed by atoms with Gasteiger partial charge in [0, 0.05) is 16.1 Å². The Morgan fingerprint density at radius 1 is 1.33 bits per heavy atom. The molecule has 1 N–H and O–H groups in total. The van der Waals surface area contributed by atoms with E-state index in [1.54, 1.807) is 6.07 Å². The van der Waals surface area contributed by atoms with E-state index in [0.717, 1.165) is 11.3 Å². The first-order valence-electron chi connectivity index (χ1n) is 5.53. The van der Waals surface area contributed by atoms with Crippen molar-refractivity contribution in [2.45, 2.75) is 19.8 Å². The van der Waals surface area contributed by atoms with Gasteiger partial charge in [0.15, 0.2) is 0 Å². The number of hydrogen-bond acceptors (Lipinski definition) is 2. The second-order valence-corrected chi connectivity index (χ2v) is 5.13. The lowest BCUT2D eigenvalue weighted by atomic mass is 9.99. The molecule has 2 nitrogen and oxygen atoms in total. The summed E-state index contributed by atoms with van der Waals surface area (Å²) in [6.07, 6.45) is 1.52. The van der Waals surface area contributed by atoms with Crippen LogP contribution in [0.5, 0.6) is 0 Å². The number of benzene rings is 1. The number of rotatable bonds is 2. The Morgan fingerprint density at radius 2 is 2.06 bits per heavy atom. The van der Waals surface area contributed by atoms with Gasteiger partial charge in [-0.25, -0.2) is 9.37 Å². The predicted octanol–water partition coefficient (Wildman–Crippen LogP) is 4.72. The minimum absolute atomic E-state index is 0.194. The van der Waals surface area contributed by atoms with Crippen molar-refractivity contribution in [3.8, 4) is 11.3 Å². The quantitative estimate of drug-likeness (QED) is 0.807. The Kier molecular flexibility index (Phi) is 3.78. The molecule has 94 valence electrons. The summed E-state index contributed by atoms with van der Waals surface area (Å²) in [5.74, 6) is -0.178. The summed E-state index contributed by atoms with van der Waals surface area (Å²) in [6, 6.07) is 4.41. The number of aromatic amines is 1. The molecule has 18 heavy (non-hydrogen) atoms. The van der Waals surface area contributed by atoms with Crippen LogP contribution in [-0.4, -0.2) is 9.97 Å². The maximum absolute atomic E-state index is 13.4. The molecule has 0 aliphatic heterocycles. The molecule has 0 atom stereocenters. The first-order valence-corrected chi connectivity index (χ1v) is 6.31. The molecule has 0 fully saturated rings. The van der Waals surface area contributed by atoms with E-state index in [1.165, 1.54) is 18.5 Å². The van der Waals surface area contributed by atoms with Gasteiger partial charge in [-0.2, -0.15) is 0 Å². The van der Waals surface area contributed by atoms with Gasteiger partial charge in [-0.05, 0) is 24.1 Å². The largest absolute Gasteiger partial charge is 0.346 e. The first-order chi connectivity index (χ1) is 8.49. The van der Waals surface area contributed by atoms with E-state index in [-0.39, 0.29) is 11.7 Å². The zero-order chi connectivity index (χ0) is 13.3. The van der Waals surface area contributed by atoms with Crippen LogP contribution < -0.4 is 0 Å². The summed E-state index contributed by atoms with van der Waals surface area (Å²) >= 11 is 11.1. The van der Waals surface area contributed by atoms with Crippen molar-refractivity contribution < 1.29 is 4.39 Å². The molecule has 0 aliphatic rings. The lowest BCUT2D eigenvalue weighted by Crippen LogP contribution is -1.99. The molecule has 1 aromatic heterocycles. The number of nitrogens with one attached hydrogen (secondary N) is 1. The topological polar surface area (TPSA) is 28.7 Å². The smallest absolute Gasteiger partial charge is 0.133 e. The van der Waals surface area contributed by atoms with Gasteiger partial charge < -0.3 is 4.98 Å². The highest BCUT2D eigenvalue weighted by Gasteiger charge is 2.13. The molecule has 0 radical (unpaired) electrons. The molecular weight excluding hydrogens is 271 g/mol. The molecule has 0 unspecified atom stereocenters. The first kappa shape index (κ1) is 13.2. The summed E-state index contributed by atoms with van der Waals surface area (Å²) in [6.45, 7) is 4.04. The maximum atomic E-state index is 13.4. The lowest BCUT2D eigenvalue weighted by Gasteiger charge is -2.12. The van der Waals surface area contributed by atoms with Crippen molar-refractivity contribution in [3.63, 3.8) is 0 Å². The van der Waals surface area contributed by atoms with Gasteiger partial charge in [-0.1, -0.05) is 37.7 Å². The minimum atomic E-state index is -0.372. The SMILES string of the molecule is CC(C)c1c(-c2cc(F)cc(Cl)c2)[nH]cnc1=S. The summed E-state index contributed by atoms with van der Waals surface area (Å²) in [5, 5.41) is 0.357. The molecule has 0 spiro atoms. The van der Waals surface area contributed by atoms with Crippen LogP contribution in [0.25, 0.3) is 11.3 Å². The zero-order valence-electron chi connectivity index (χ0n) is 10.00. The maximum Gasteiger partial charge on any atom is 0.133 e. The predicted molar refractivity (Wildman–Crippen MR) is 73.9 cm³/mol. The van der Waals surface area contributed by atoms with E-state index >= 15 is 0 Å². The van der Waals surface area contributed by atoms with Crippen LogP contribution in [0, 0.1) is 10.5 Å². The van der Waals surface area contributed by atoms with E-state index in [2.05, 4.69) is 9.97 Å². The Bertz CT molecular complexity index is 617. The Labute approximate surface area is 115 Å². The second-order valence-electron chi connectivity index (χ2n) is 4.31. The van der Waals surface area contributed by atoms with Crippen molar-refractivity contribution in [2.75, 3.05) is 0 Å². The third-order valence-corrected chi connectivity index (χ3v) is 3.16. The van der Waals surface area contributed by atoms with Gasteiger partial charge in [0.2, 0.25) is 0 Å². The summed E-state index contributed by atoms with van der Waals surface area (Å²) in [5.41, 5.74) is 2.35. The van der Waals surface area contributed by atoms with Gasteiger partial charge in [0.1, 0.15) is 10.5 Å². The summed E-state index contributed by atoms with van der Waals surface area (Å²) in [7, 11) is 0. The van der Waals surface area contributed by atoms with Crippen LogP contribution in [0.3, 0.4) is 0 Å². The molecule has 0 aliphatic carbocycles. The number of H-pyrrole nitrogens is 1. The minimum Gasteiger partial charge on any atom is -0.346 e. The van der Waals surface area contributed by atoms with Crippen LogP contribution in [0.4, 0.5) is 4.39 Å². The molecule has 0 saturated heterocycles. The number of nitrogens with zero attached hydrogens (tertiary/aromatic N) is 1. The average molecular weight is 283 g/mol. The molecule has 0 amide bonds. The van der Waals surface area contributed by atoms with Crippen LogP contribution in [0.15, 0.2) is 24.5 Å². The third kappa shape index (κ3) is 2.60. The van der Waals surface area contributed by atoms with E-state index in [0.29, 0.717) is 15.2 Å². The van der Waals surface area contributed by atoms with Gasteiger partial charge in [0.25, 0.3) is 0 Å². The average Bonchev–Trinajstić information content (AvgIpc) is 2.26. The van der Waals surface area contributed by atoms with Gasteiger partial charge in [-0.15, -0.1) is 0 Å². The molecule has 1 heterocycles. The zero-order valence-corrected chi connectivity index (χ0v) is 11.6. The highest BCUT2D eigenvalue weighted by atomic mass is 35.5. The third-order valence-electron chi connectivity index (χ3n) is 2.62. The molecule has 0 saturated carbocycles. The summed E-state index contributed by atoms with van der Waals surface area (Å²) in [4.78, 5) is 7.09. The fraction of sp³-hybridized carbons (Fsp3) is 0.231.